The highest BCUT2D eigenvalue weighted by atomic mass is 32.2. The van der Waals surface area contributed by atoms with Crippen LogP contribution in [0.15, 0.2) is 18.7 Å². The van der Waals surface area contributed by atoms with Crippen molar-refractivity contribution in [2.24, 2.45) is 0 Å². The van der Waals surface area contributed by atoms with Crippen molar-refractivity contribution in [1.82, 2.24) is 13.9 Å². The Balaban J connectivity index is 1.71. The lowest BCUT2D eigenvalue weighted by atomic mass is 9.97. The average Bonchev–Trinajstić information content (AvgIpc) is 3.11. The van der Waals surface area contributed by atoms with Crippen molar-refractivity contribution in [3.63, 3.8) is 0 Å². The molecule has 3 heterocycles. The summed E-state index contributed by atoms with van der Waals surface area (Å²) in [6, 6.07) is 0.270. The Labute approximate surface area is 113 Å². The number of rotatable bonds is 3. The average molecular weight is 285 g/mol. The van der Waals surface area contributed by atoms with Gasteiger partial charge in [-0.05, 0) is 13.3 Å². The Morgan fingerprint density at radius 2 is 2.37 bits per heavy atom. The summed E-state index contributed by atoms with van der Waals surface area (Å²) in [6.45, 7) is 3.39. The van der Waals surface area contributed by atoms with Crippen LogP contribution in [0, 0.1) is 0 Å². The highest BCUT2D eigenvalue weighted by Crippen LogP contribution is 2.40. The van der Waals surface area contributed by atoms with E-state index in [-0.39, 0.29) is 17.4 Å². The van der Waals surface area contributed by atoms with E-state index >= 15 is 0 Å². The van der Waals surface area contributed by atoms with E-state index in [2.05, 4.69) is 4.98 Å². The summed E-state index contributed by atoms with van der Waals surface area (Å²) >= 11 is 0. The van der Waals surface area contributed by atoms with Gasteiger partial charge in [-0.15, -0.1) is 0 Å². The SMILES string of the molecule is CCS(=O)(=O)N1CCC2(CC(n3ccnc3)CO2)C1. The third kappa shape index (κ3) is 2.30. The molecular formula is C12H19N3O3S. The Bertz CT molecular complexity index is 543. The van der Waals surface area contributed by atoms with Crippen molar-refractivity contribution in [2.75, 3.05) is 25.4 Å². The van der Waals surface area contributed by atoms with Gasteiger partial charge in [0.15, 0.2) is 0 Å². The van der Waals surface area contributed by atoms with E-state index in [0.717, 1.165) is 12.8 Å². The van der Waals surface area contributed by atoms with Crippen molar-refractivity contribution >= 4 is 10.0 Å². The number of hydrogen-bond donors (Lipinski definition) is 0. The van der Waals surface area contributed by atoms with Gasteiger partial charge in [0.1, 0.15) is 0 Å². The molecule has 0 aliphatic carbocycles. The predicted molar refractivity (Wildman–Crippen MR) is 70.2 cm³/mol. The molecule has 2 unspecified atom stereocenters. The molecular weight excluding hydrogens is 266 g/mol. The van der Waals surface area contributed by atoms with Gasteiger partial charge < -0.3 is 9.30 Å². The molecule has 2 aliphatic heterocycles. The monoisotopic (exact) mass is 285 g/mol. The van der Waals surface area contributed by atoms with Crippen LogP contribution in [-0.2, 0) is 14.8 Å². The smallest absolute Gasteiger partial charge is 0.213 e. The molecule has 3 rings (SSSR count). The van der Waals surface area contributed by atoms with Gasteiger partial charge in [-0.25, -0.2) is 13.4 Å². The molecule has 19 heavy (non-hydrogen) atoms. The van der Waals surface area contributed by atoms with Crippen molar-refractivity contribution in [2.45, 2.75) is 31.4 Å². The first-order valence-corrected chi connectivity index (χ1v) is 8.25. The van der Waals surface area contributed by atoms with Crippen LogP contribution in [0.1, 0.15) is 25.8 Å². The van der Waals surface area contributed by atoms with E-state index in [4.69, 9.17) is 4.74 Å². The maximum Gasteiger partial charge on any atom is 0.213 e. The highest BCUT2D eigenvalue weighted by molar-refractivity contribution is 7.89. The molecule has 0 radical (unpaired) electrons. The van der Waals surface area contributed by atoms with E-state index in [1.807, 2.05) is 10.8 Å². The second kappa shape index (κ2) is 4.57. The Hall–Kier alpha value is -0.920. The molecule has 0 saturated carbocycles. The fourth-order valence-electron chi connectivity index (χ4n) is 3.01. The van der Waals surface area contributed by atoms with E-state index in [1.54, 1.807) is 23.8 Å². The second-order valence-corrected chi connectivity index (χ2v) is 7.60. The van der Waals surface area contributed by atoms with Crippen molar-refractivity contribution in [1.29, 1.82) is 0 Å². The Morgan fingerprint density at radius 3 is 3.05 bits per heavy atom. The molecule has 0 aromatic carbocycles. The van der Waals surface area contributed by atoms with Gasteiger partial charge in [0, 0.05) is 31.9 Å². The van der Waals surface area contributed by atoms with Gasteiger partial charge in [-0.1, -0.05) is 0 Å². The minimum atomic E-state index is -3.10. The number of aromatic nitrogens is 2. The van der Waals surface area contributed by atoms with Gasteiger partial charge in [-0.2, -0.15) is 4.31 Å². The molecule has 1 aromatic heterocycles. The van der Waals surface area contributed by atoms with E-state index in [0.29, 0.717) is 19.7 Å². The third-order valence-electron chi connectivity index (χ3n) is 4.18. The van der Waals surface area contributed by atoms with Crippen LogP contribution in [-0.4, -0.2) is 53.3 Å². The summed E-state index contributed by atoms with van der Waals surface area (Å²) < 4.78 is 33.4. The quantitative estimate of drug-likeness (QED) is 0.817. The number of ether oxygens (including phenoxy) is 1. The zero-order valence-corrected chi connectivity index (χ0v) is 11.8. The maximum absolute atomic E-state index is 11.9. The van der Waals surface area contributed by atoms with Crippen molar-refractivity contribution < 1.29 is 13.2 Å². The molecule has 2 atom stereocenters. The van der Waals surface area contributed by atoms with Gasteiger partial charge in [0.2, 0.25) is 10.0 Å². The van der Waals surface area contributed by atoms with Crippen LogP contribution in [0.4, 0.5) is 0 Å². The van der Waals surface area contributed by atoms with Gasteiger partial charge in [0.25, 0.3) is 0 Å². The topological polar surface area (TPSA) is 64.4 Å². The van der Waals surface area contributed by atoms with Crippen molar-refractivity contribution in [3.8, 4) is 0 Å². The lowest BCUT2D eigenvalue weighted by molar-refractivity contribution is 0.0165. The van der Waals surface area contributed by atoms with Crippen LogP contribution >= 0.6 is 0 Å². The first-order chi connectivity index (χ1) is 9.05. The fourth-order valence-corrected chi connectivity index (χ4v) is 4.18. The summed E-state index contributed by atoms with van der Waals surface area (Å²) in [5, 5.41) is 0. The summed E-state index contributed by atoms with van der Waals surface area (Å²) in [5.74, 6) is 0.161. The number of hydrogen-bond acceptors (Lipinski definition) is 4. The lowest BCUT2D eigenvalue weighted by Crippen LogP contribution is -2.36. The summed E-state index contributed by atoms with van der Waals surface area (Å²) in [4.78, 5) is 4.05. The van der Waals surface area contributed by atoms with E-state index < -0.39 is 10.0 Å². The molecule has 2 saturated heterocycles. The van der Waals surface area contributed by atoms with Crippen LogP contribution < -0.4 is 0 Å². The molecule has 1 spiro atoms. The van der Waals surface area contributed by atoms with Gasteiger partial charge in [0.05, 0.1) is 30.3 Å². The van der Waals surface area contributed by atoms with E-state index in [9.17, 15) is 8.42 Å². The minimum Gasteiger partial charge on any atom is -0.371 e. The summed E-state index contributed by atoms with van der Waals surface area (Å²) in [6.07, 6.45) is 7.13. The lowest BCUT2D eigenvalue weighted by Gasteiger charge is -2.23. The Morgan fingerprint density at radius 1 is 1.53 bits per heavy atom. The van der Waals surface area contributed by atoms with Gasteiger partial charge >= 0.3 is 0 Å². The molecule has 0 amide bonds. The number of imidazole rings is 1. The summed E-state index contributed by atoms with van der Waals surface area (Å²) in [5.41, 5.74) is -0.294. The minimum absolute atomic E-state index is 0.161. The molecule has 1 aromatic rings. The second-order valence-electron chi connectivity index (χ2n) is 5.35. The largest absolute Gasteiger partial charge is 0.371 e. The maximum atomic E-state index is 11.9. The number of nitrogens with zero attached hydrogens (tertiary/aromatic N) is 3. The zero-order valence-electron chi connectivity index (χ0n) is 11.0. The number of sulfonamides is 1. The fraction of sp³-hybridized carbons (Fsp3) is 0.750. The molecule has 6 nitrogen and oxygen atoms in total. The normalized spacial score (nSPS) is 32.4. The van der Waals surface area contributed by atoms with Crippen LogP contribution in [0.25, 0.3) is 0 Å². The van der Waals surface area contributed by atoms with Crippen LogP contribution in [0.5, 0.6) is 0 Å². The third-order valence-corrected chi connectivity index (χ3v) is 6.00. The molecule has 2 fully saturated rings. The Kier molecular flexibility index (Phi) is 3.15. The predicted octanol–water partition coefficient (Wildman–Crippen LogP) is 0.639. The molecule has 0 bridgehead atoms. The zero-order chi connectivity index (χ0) is 13.5. The molecule has 106 valence electrons. The first kappa shape index (κ1) is 13.1. The van der Waals surface area contributed by atoms with E-state index in [1.165, 1.54) is 0 Å². The summed E-state index contributed by atoms with van der Waals surface area (Å²) in [7, 11) is -3.10. The standard InChI is InChI=1S/C12H19N3O3S/c1-2-19(16,17)15-5-3-12(9-15)7-11(8-18-12)14-6-4-13-10-14/h4,6,10-11H,2-3,5,7-9H2,1H3. The van der Waals surface area contributed by atoms with Crippen LogP contribution in [0.3, 0.4) is 0 Å². The van der Waals surface area contributed by atoms with Crippen molar-refractivity contribution in [3.05, 3.63) is 18.7 Å². The van der Waals surface area contributed by atoms with Crippen LogP contribution in [0.2, 0.25) is 0 Å². The van der Waals surface area contributed by atoms with Gasteiger partial charge in [-0.3, -0.25) is 0 Å². The molecule has 7 heteroatoms. The molecule has 2 aliphatic rings. The first-order valence-electron chi connectivity index (χ1n) is 6.64. The highest BCUT2D eigenvalue weighted by Gasteiger charge is 2.48. The molecule has 0 N–H and O–H groups in total.